The van der Waals surface area contributed by atoms with Crippen molar-refractivity contribution in [2.24, 2.45) is 10.7 Å². The van der Waals surface area contributed by atoms with Crippen LogP contribution in [0, 0.1) is 0 Å². The second-order valence-electron chi connectivity index (χ2n) is 2.13. The van der Waals surface area contributed by atoms with E-state index in [2.05, 4.69) is 18.2 Å². The first-order chi connectivity index (χ1) is 5.22. The third kappa shape index (κ3) is 4.28. The molecule has 0 fully saturated rings. The molecule has 0 rings (SSSR count). The maximum Gasteiger partial charge on any atom is 0.0567 e. The van der Waals surface area contributed by atoms with E-state index in [0.717, 1.165) is 5.70 Å². The molecule has 0 aliphatic heterocycles. The zero-order chi connectivity index (χ0) is 8.69. The molecule has 0 spiro atoms. The van der Waals surface area contributed by atoms with Gasteiger partial charge >= 0.3 is 0 Å². The molecule has 0 radical (unpaired) electrons. The Balaban J connectivity index is 4.34. The minimum Gasteiger partial charge on any atom is -0.323 e. The fourth-order valence-corrected chi connectivity index (χ4v) is 0.572. The van der Waals surface area contributed by atoms with Gasteiger partial charge in [0.05, 0.1) is 5.70 Å². The highest BCUT2D eigenvalue weighted by Gasteiger charge is 1.97. The van der Waals surface area contributed by atoms with Gasteiger partial charge in [0.15, 0.2) is 0 Å². The lowest BCUT2D eigenvalue weighted by Gasteiger charge is -2.02. The Morgan fingerprint density at radius 2 is 2.09 bits per heavy atom. The molecule has 60 valence electrons. The number of nitrogens with zero attached hydrogens (tertiary/aromatic N) is 1. The van der Waals surface area contributed by atoms with Gasteiger partial charge in [-0.15, -0.1) is 0 Å². The first-order valence-electron chi connectivity index (χ1n) is 3.45. The van der Waals surface area contributed by atoms with E-state index in [1.807, 2.05) is 6.92 Å². The lowest BCUT2D eigenvalue weighted by atomic mass is 10.2. The van der Waals surface area contributed by atoms with Crippen LogP contribution in [-0.4, -0.2) is 12.3 Å². The number of aliphatic imine (C=N–C) groups is 1. The molecule has 1 atom stereocenters. The highest BCUT2D eigenvalue weighted by Crippen LogP contribution is 2.00. The van der Waals surface area contributed by atoms with E-state index >= 15 is 0 Å². The van der Waals surface area contributed by atoms with Crippen molar-refractivity contribution >= 4 is 6.21 Å². The Morgan fingerprint density at radius 1 is 1.45 bits per heavy atom. The van der Waals surface area contributed by atoms with Crippen molar-refractivity contribution in [2.45, 2.75) is 13.0 Å². The second kappa shape index (κ2) is 5.62. The second-order valence-corrected chi connectivity index (χ2v) is 2.13. The molecular formula is C9H14N2. The van der Waals surface area contributed by atoms with Crippen molar-refractivity contribution in [2.75, 3.05) is 0 Å². The molecule has 0 bridgehead atoms. The summed E-state index contributed by atoms with van der Waals surface area (Å²) in [6.07, 6.45) is 6.67. The van der Waals surface area contributed by atoms with E-state index in [0.29, 0.717) is 0 Å². The van der Waals surface area contributed by atoms with Crippen molar-refractivity contribution in [1.82, 2.24) is 0 Å². The molecule has 0 aromatic heterocycles. The van der Waals surface area contributed by atoms with Crippen LogP contribution in [0.5, 0.6) is 0 Å². The molecule has 0 unspecified atom stereocenters. The lowest BCUT2D eigenvalue weighted by molar-refractivity contribution is 0.849. The average molecular weight is 150 g/mol. The van der Waals surface area contributed by atoms with Gasteiger partial charge in [0.2, 0.25) is 0 Å². The monoisotopic (exact) mass is 150 g/mol. The highest BCUT2D eigenvalue weighted by molar-refractivity contribution is 5.71. The third-order valence-electron chi connectivity index (χ3n) is 1.08. The fraction of sp³-hybridized carbons (Fsp3) is 0.222. The van der Waals surface area contributed by atoms with E-state index in [1.54, 1.807) is 24.4 Å². The molecular weight excluding hydrogens is 136 g/mol. The molecule has 0 saturated carbocycles. The fourth-order valence-electron chi connectivity index (χ4n) is 0.572. The molecule has 0 saturated heterocycles. The predicted octanol–water partition coefficient (Wildman–Crippen LogP) is 1.66. The molecule has 0 heterocycles. The Hall–Kier alpha value is -1.15. The lowest BCUT2D eigenvalue weighted by Crippen LogP contribution is -2.16. The largest absolute Gasteiger partial charge is 0.323 e. The number of nitrogens with two attached hydrogens (primary N) is 1. The maximum absolute atomic E-state index is 5.60. The number of rotatable bonds is 4. The van der Waals surface area contributed by atoms with E-state index in [4.69, 9.17) is 5.73 Å². The van der Waals surface area contributed by atoms with Crippen LogP contribution in [0.25, 0.3) is 0 Å². The predicted molar refractivity (Wildman–Crippen MR) is 50.6 cm³/mol. The summed E-state index contributed by atoms with van der Waals surface area (Å²) < 4.78 is 0. The molecule has 2 nitrogen and oxygen atoms in total. The minimum atomic E-state index is -0.0656. The van der Waals surface area contributed by atoms with Crippen molar-refractivity contribution in [3.63, 3.8) is 0 Å². The molecule has 11 heavy (non-hydrogen) atoms. The Bertz CT molecular complexity index is 188. The summed E-state index contributed by atoms with van der Waals surface area (Å²) in [7, 11) is 0. The van der Waals surface area contributed by atoms with Gasteiger partial charge in [-0.25, -0.2) is 0 Å². The smallest absolute Gasteiger partial charge is 0.0567 e. The standard InChI is InChI=1S/C9H14N2/c1-4-6-9(8(3)10)11-7-5-2/h4-8H,1-2,10H2,3H3/b9-6-,11-7-/t8-/m1/s1. The van der Waals surface area contributed by atoms with Crippen LogP contribution in [0.2, 0.25) is 0 Å². The van der Waals surface area contributed by atoms with Crippen molar-refractivity contribution in [3.05, 3.63) is 37.1 Å². The maximum atomic E-state index is 5.60. The summed E-state index contributed by atoms with van der Waals surface area (Å²) in [5.41, 5.74) is 6.40. The molecule has 2 N–H and O–H groups in total. The summed E-state index contributed by atoms with van der Waals surface area (Å²) in [4.78, 5) is 4.05. The highest BCUT2D eigenvalue weighted by atomic mass is 14.8. The van der Waals surface area contributed by atoms with Gasteiger partial charge < -0.3 is 5.73 Å². The summed E-state index contributed by atoms with van der Waals surface area (Å²) in [5, 5.41) is 0. The number of hydrogen-bond acceptors (Lipinski definition) is 2. The van der Waals surface area contributed by atoms with Crippen molar-refractivity contribution < 1.29 is 0 Å². The summed E-state index contributed by atoms with van der Waals surface area (Å²) in [6.45, 7) is 8.94. The first-order valence-corrected chi connectivity index (χ1v) is 3.45. The topological polar surface area (TPSA) is 38.4 Å². The number of allylic oxidation sites excluding steroid dienone is 3. The van der Waals surface area contributed by atoms with Gasteiger partial charge in [-0.2, -0.15) is 0 Å². The van der Waals surface area contributed by atoms with E-state index in [-0.39, 0.29) is 6.04 Å². The molecule has 0 aliphatic carbocycles. The van der Waals surface area contributed by atoms with Crippen LogP contribution in [0.15, 0.2) is 42.1 Å². The summed E-state index contributed by atoms with van der Waals surface area (Å²) in [6, 6.07) is -0.0656. The van der Waals surface area contributed by atoms with Gasteiger partial charge in [0.1, 0.15) is 0 Å². The van der Waals surface area contributed by atoms with E-state index < -0.39 is 0 Å². The molecule has 0 amide bonds. The van der Waals surface area contributed by atoms with Crippen LogP contribution in [0.1, 0.15) is 6.92 Å². The third-order valence-corrected chi connectivity index (χ3v) is 1.08. The Morgan fingerprint density at radius 3 is 2.45 bits per heavy atom. The first kappa shape index (κ1) is 9.85. The van der Waals surface area contributed by atoms with Gasteiger partial charge in [-0.3, -0.25) is 4.99 Å². The molecule has 0 aromatic carbocycles. The Labute approximate surface area is 67.8 Å². The quantitative estimate of drug-likeness (QED) is 0.480. The van der Waals surface area contributed by atoms with Gasteiger partial charge in [-0.05, 0) is 13.0 Å². The van der Waals surface area contributed by atoms with E-state index in [1.165, 1.54) is 0 Å². The normalized spacial score (nSPS) is 14.9. The van der Waals surface area contributed by atoms with Crippen molar-refractivity contribution in [1.29, 1.82) is 0 Å². The summed E-state index contributed by atoms with van der Waals surface area (Å²) >= 11 is 0. The van der Waals surface area contributed by atoms with Crippen LogP contribution in [-0.2, 0) is 0 Å². The molecule has 0 aliphatic rings. The molecule has 2 heteroatoms. The van der Waals surface area contributed by atoms with Crippen LogP contribution < -0.4 is 5.73 Å². The van der Waals surface area contributed by atoms with Crippen LogP contribution in [0.3, 0.4) is 0 Å². The Kier molecular flexibility index (Phi) is 5.03. The van der Waals surface area contributed by atoms with Crippen molar-refractivity contribution in [3.8, 4) is 0 Å². The van der Waals surface area contributed by atoms with Crippen LogP contribution in [0.4, 0.5) is 0 Å². The zero-order valence-corrected chi connectivity index (χ0v) is 6.83. The van der Waals surface area contributed by atoms with Gasteiger partial charge in [0, 0.05) is 12.3 Å². The number of hydrogen-bond donors (Lipinski definition) is 1. The van der Waals surface area contributed by atoms with Gasteiger partial charge in [0.25, 0.3) is 0 Å². The van der Waals surface area contributed by atoms with E-state index in [9.17, 15) is 0 Å². The molecule has 0 aromatic rings. The van der Waals surface area contributed by atoms with Crippen LogP contribution >= 0.6 is 0 Å². The zero-order valence-electron chi connectivity index (χ0n) is 6.83. The average Bonchev–Trinajstić information content (AvgIpc) is 1.97. The van der Waals surface area contributed by atoms with Gasteiger partial charge in [-0.1, -0.05) is 25.3 Å². The SMILES string of the molecule is C=C/C=N\C(=C/C=C)[C@@H](C)N. The minimum absolute atomic E-state index is 0.0656. The summed E-state index contributed by atoms with van der Waals surface area (Å²) in [5.74, 6) is 0.